The number of halogens is 1. The first kappa shape index (κ1) is 19.2. The highest BCUT2D eigenvalue weighted by Crippen LogP contribution is 2.16. The van der Waals surface area contributed by atoms with Crippen LogP contribution >= 0.6 is 0 Å². The Hall–Kier alpha value is -3.09. The molecule has 0 spiro atoms. The Kier molecular flexibility index (Phi) is 6.54. The third-order valence-corrected chi connectivity index (χ3v) is 3.66. The molecule has 0 fully saturated rings. The third-order valence-electron chi connectivity index (χ3n) is 3.66. The SMILES string of the molecule is Cc1ccc(F)cc1NC(=O)NCc1cccc(OCC(=O)N(C)C)c1. The van der Waals surface area contributed by atoms with Crippen LogP contribution in [0.15, 0.2) is 42.5 Å². The number of carbonyl (C=O) groups excluding carboxylic acids is 2. The van der Waals surface area contributed by atoms with E-state index in [0.29, 0.717) is 11.4 Å². The number of nitrogens with one attached hydrogen (secondary N) is 2. The first-order valence-electron chi connectivity index (χ1n) is 8.08. The monoisotopic (exact) mass is 359 g/mol. The summed E-state index contributed by atoms with van der Waals surface area (Å²) in [6, 6.07) is 10.9. The molecule has 26 heavy (non-hydrogen) atoms. The minimum absolute atomic E-state index is 0.0524. The number of amides is 3. The Labute approximate surface area is 152 Å². The van der Waals surface area contributed by atoms with Crippen molar-refractivity contribution in [3.63, 3.8) is 0 Å². The lowest BCUT2D eigenvalue weighted by molar-refractivity contribution is -0.130. The lowest BCUT2D eigenvalue weighted by Crippen LogP contribution is -2.28. The second-order valence-corrected chi connectivity index (χ2v) is 5.99. The number of ether oxygens (including phenoxy) is 1. The standard InChI is InChI=1S/C19H22FN3O3/c1-13-7-8-15(20)10-17(13)22-19(25)21-11-14-5-4-6-16(9-14)26-12-18(24)23(2)3/h4-10H,11-12H2,1-3H3,(H2,21,22,25). The molecule has 2 aromatic carbocycles. The number of rotatable bonds is 6. The third kappa shape index (κ3) is 5.77. The summed E-state index contributed by atoms with van der Waals surface area (Å²) in [5.74, 6) is -0.0118. The number of likely N-dealkylation sites (N-methyl/N-ethyl adjacent to an activating group) is 1. The van der Waals surface area contributed by atoms with Gasteiger partial charge in [-0.3, -0.25) is 4.79 Å². The molecule has 0 bridgehead atoms. The summed E-state index contributed by atoms with van der Waals surface area (Å²) < 4.78 is 18.7. The summed E-state index contributed by atoms with van der Waals surface area (Å²) in [4.78, 5) is 25.0. The molecule has 0 unspecified atom stereocenters. The summed E-state index contributed by atoms with van der Waals surface area (Å²) in [7, 11) is 3.32. The maximum Gasteiger partial charge on any atom is 0.319 e. The van der Waals surface area contributed by atoms with Gasteiger partial charge in [0.05, 0.1) is 0 Å². The molecule has 0 aliphatic rings. The average molecular weight is 359 g/mol. The zero-order chi connectivity index (χ0) is 19.1. The maximum atomic E-state index is 13.3. The number of anilines is 1. The summed E-state index contributed by atoms with van der Waals surface area (Å²) >= 11 is 0. The average Bonchev–Trinajstić information content (AvgIpc) is 2.61. The molecule has 2 aromatic rings. The molecule has 6 nitrogen and oxygen atoms in total. The van der Waals surface area contributed by atoms with E-state index in [9.17, 15) is 14.0 Å². The fourth-order valence-electron chi connectivity index (χ4n) is 2.10. The minimum atomic E-state index is -0.437. The van der Waals surface area contributed by atoms with E-state index in [4.69, 9.17) is 4.74 Å². The van der Waals surface area contributed by atoms with E-state index in [1.807, 2.05) is 6.07 Å². The molecule has 7 heteroatoms. The number of carbonyl (C=O) groups is 2. The molecule has 2 N–H and O–H groups in total. The smallest absolute Gasteiger partial charge is 0.319 e. The summed E-state index contributed by atoms with van der Waals surface area (Å²) in [5, 5.41) is 5.32. The van der Waals surface area contributed by atoms with Crippen molar-refractivity contribution in [1.29, 1.82) is 0 Å². The molecule has 0 aliphatic carbocycles. The zero-order valence-electron chi connectivity index (χ0n) is 15.0. The second kappa shape index (κ2) is 8.84. The molecule has 0 saturated carbocycles. The minimum Gasteiger partial charge on any atom is -0.484 e. The van der Waals surface area contributed by atoms with Crippen molar-refractivity contribution in [1.82, 2.24) is 10.2 Å². The zero-order valence-corrected chi connectivity index (χ0v) is 15.0. The van der Waals surface area contributed by atoms with E-state index in [1.165, 1.54) is 17.0 Å². The number of urea groups is 1. The van der Waals surface area contributed by atoms with Crippen molar-refractivity contribution in [2.24, 2.45) is 0 Å². The normalized spacial score (nSPS) is 10.2. The van der Waals surface area contributed by atoms with E-state index >= 15 is 0 Å². The van der Waals surface area contributed by atoms with Gasteiger partial charge in [0.2, 0.25) is 0 Å². The highest BCUT2D eigenvalue weighted by molar-refractivity contribution is 5.90. The van der Waals surface area contributed by atoms with Crippen LogP contribution in [0.3, 0.4) is 0 Å². The molecule has 0 heterocycles. The van der Waals surface area contributed by atoms with Gasteiger partial charge in [-0.2, -0.15) is 0 Å². The summed E-state index contributed by atoms with van der Waals surface area (Å²) in [5.41, 5.74) is 2.00. The van der Waals surface area contributed by atoms with Crippen LogP contribution in [0.4, 0.5) is 14.9 Å². The van der Waals surface area contributed by atoms with Crippen LogP contribution in [-0.2, 0) is 11.3 Å². The Bertz CT molecular complexity index is 793. The largest absolute Gasteiger partial charge is 0.484 e. The van der Waals surface area contributed by atoms with Gasteiger partial charge in [-0.15, -0.1) is 0 Å². The van der Waals surface area contributed by atoms with Crippen LogP contribution in [0.25, 0.3) is 0 Å². The molecular formula is C19H22FN3O3. The van der Waals surface area contributed by atoms with Crippen molar-refractivity contribution < 1.29 is 18.7 Å². The number of benzene rings is 2. The Morgan fingerprint density at radius 3 is 2.65 bits per heavy atom. The van der Waals surface area contributed by atoms with Gasteiger partial charge in [-0.25, -0.2) is 9.18 Å². The van der Waals surface area contributed by atoms with Crippen LogP contribution in [-0.4, -0.2) is 37.5 Å². The van der Waals surface area contributed by atoms with Crippen LogP contribution in [0.2, 0.25) is 0 Å². The van der Waals surface area contributed by atoms with Crippen LogP contribution in [0, 0.1) is 12.7 Å². The molecular weight excluding hydrogens is 337 g/mol. The molecule has 0 saturated heterocycles. The topological polar surface area (TPSA) is 70.7 Å². The van der Waals surface area contributed by atoms with E-state index in [0.717, 1.165) is 11.1 Å². The van der Waals surface area contributed by atoms with E-state index in [2.05, 4.69) is 10.6 Å². The Morgan fingerprint density at radius 1 is 1.15 bits per heavy atom. The van der Waals surface area contributed by atoms with Gasteiger partial charge < -0.3 is 20.3 Å². The van der Waals surface area contributed by atoms with Crippen molar-refractivity contribution in [3.8, 4) is 5.75 Å². The lowest BCUT2D eigenvalue weighted by atomic mass is 10.2. The van der Waals surface area contributed by atoms with Gasteiger partial charge in [-0.1, -0.05) is 18.2 Å². The number of nitrogens with zero attached hydrogens (tertiary/aromatic N) is 1. The molecule has 0 aliphatic heterocycles. The molecule has 138 valence electrons. The molecule has 3 amide bonds. The van der Waals surface area contributed by atoms with Gasteiger partial charge in [0, 0.05) is 26.3 Å². The van der Waals surface area contributed by atoms with Gasteiger partial charge in [-0.05, 0) is 42.3 Å². The molecule has 2 rings (SSSR count). The highest BCUT2D eigenvalue weighted by Gasteiger charge is 2.07. The number of hydrogen-bond donors (Lipinski definition) is 2. The van der Waals surface area contributed by atoms with Crippen molar-refractivity contribution >= 4 is 17.6 Å². The molecule has 0 aromatic heterocycles. The summed E-state index contributed by atoms with van der Waals surface area (Å²) in [6.07, 6.45) is 0. The van der Waals surface area contributed by atoms with Crippen molar-refractivity contribution in [2.45, 2.75) is 13.5 Å². The van der Waals surface area contributed by atoms with Gasteiger partial charge in [0.15, 0.2) is 6.61 Å². The first-order chi connectivity index (χ1) is 12.3. The maximum absolute atomic E-state index is 13.3. The second-order valence-electron chi connectivity index (χ2n) is 5.99. The highest BCUT2D eigenvalue weighted by atomic mass is 19.1. The first-order valence-corrected chi connectivity index (χ1v) is 8.08. The van der Waals surface area contributed by atoms with Crippen LogP contribution < -0.4 is 15.4 Å². The van der Waals surface area contributed by atoms with E-state index < -0.39 is 11.8 Å². The van der Waals surface area contributed by atoms with Crippen molar-refractivity contribution in [2.75, 3.05) is 26.0 Å². The number of hydrogen-bond acceptors (Lipinski definition) is 3. The van der Waals surface area contributed by atoms with Gasteiger partial charge >= 0.3 is 6.03 Å². The van der Waals surface area contributed by atoms with Crippen LogP contribution in [0.5, 0.6) is 5.75 Å². The Morgan fingerprint density at radius 2 is 1.92 bits per heavy atom. The van der Waals surface area contributed by atoms with E-state index in [-0.39, 0.29) is 19.1 Å². The molecule has 0 radical (unpaired) electrons. The van der Waals surface area contributed by atoms with E-state index in [1.54, 1.807) is 45.3 Å². The quantitative estimate of drug-likeness (QED) is 0.833. The molecule has 0 atom stereocenters. The van der Waals surface area contributed by atoms with Crippen molar-refractivity contribution in [3.05, 3.63) is 59.4 Å². The predicted octanol–water partition coefficient (Wildman–Crippen LogP) is 2.92. The van der Waals surface area contributed by atoms with Gasteiger partial charge in [0.25, 0.3) is 5.91 Å². The van der Waals surface area contributed by atoms with Gasteiger partial charge in [0.1, 0.15) is 11.6 Å². The predicted molar refractivity (Wildman–Crippen MR) is 97.6 cm³/mol. The summed E-state index contributed by atoms with van der Waals surface area (Å²) in [6.45, 7) is 1.99. The number of aryl methyl sites for hydroxylation is 1. The fraction of sp³-hybridized carbons (Fsp3) is 0.263. The fourth-order valence-corrected chi connectivity index (χ4v) is 2.10. The Balaban J connectivity index is 1.88. The van der Waals surface area contributed by atoms with Crippen LogP contribution in [0.1, 0.15) is 11.1 Å². The lowest BCUT2D eigenvalue weighted by Gasteiger charge is -2.13.